The van der Waals surface area contributed by atoms with Gasteiger partial charge in [-0.05, 0) is 48.9 Å². The average Bonchev–Trinajstić information content (AvgIpc) is 2.42. The fourth-order valence-corrected chi connectivity index (χ4v) is 1.84. The van der Waals surface area contributed by atoms with E-state index in [1.807, 2.05) is 43.3 Å². The number of phenols is 1. The van der Waals surface area contributed by atoms with Crippen LogP contribution in [0.2, 0.25) is 5.02 Å². The normalized spacial score (nSPS) is 10.2. The SMILES string of the molecule is CCOc1cc(CNc2ccc(Cl)cc2)ccc1O. The zero-order valence-electron chi connectivity index (χ0n) is 10.7. The summed E-state index contributed by atoms with van der Waals surface area (Å²) in [6.07, 6.45) is 0. The molecule has 0 radical (unpaired) electrons. The van der Waals surface area contributed by atoms with E-state index in [0.717, 1.165) is 11.3 Å². The van der Waals surface area contributed by atoms with E-state index in [9.17, 15) is 5.11 Å². The van der Waals surface area contributed by atoms with Crippen molar-refractivity contribution >= 4 is 17.3 Å². The summed E-state index contributed by atoms with van der Waals surface area (Å²) in [5.41, 5.74) is 2.03. The van der Waals surface area contributed by atoms with Gasteiger partial charge in [0, 0.05) is 17.3 Å². The van der Waals surface area contributed by atoms with E-state index in [2.05, 4.69) is 5.32 Å². The van der Waals surface area contributed by atoms with Crippen LogP contribution in [-0.4, -0.2) is 11.7 Å². The van der Waals surface area contributed by atoms with Crippen LogP contribution in [0.5, 0.6) is 11.5 Å². The van der Waals surface area contributed by atoms with E-state index in [-0.39, 0.29) is 5.75 Å². The number of hydrogen-bond acceptors (Lipinski definition) is 3. The maximum Gasteiger partial charge on any atom is 0.161 e. The molecule has 0 spiro atoms. The molecule has 100 valence electrons. The van der Waals surface area contributed by atoms with Gasteiger partial charge in [0.05, 0.1) is 6.61 Å². The zero-order valence-corrected chi connectivity index (χ0v) is 11.4. The van der Waals surface area contributed by atoms with Crippen molar-refractivity contribution in [3.8, 4) is 11.5 Å². The summed E-state index contributed by atoms with van der Waals surface area (Å²) in [5.74, 6) is 0.676. The van der Waals surface area contributed by atoms with Crippen molar-refractivity contribution in [2.75, 3.05) is 11.9 Å². The monoisotopic (exact) mass is 277 g/mol. The predicted octanol–water partition coefficient (Wildman–Crippen LogP) is 4.06. The average molecular weight is 278 g/mol. The van der Waals surface area contributed by atoms with Crippen LogP contribution < -0.4 is 10.1 Å². The Morgan fingerprint density at radius 2 is 1.89 bits per heavy atom. The smallest absolute Gasteiger partial charge is 0.161 e. The first kappa shape index (κ1) is 13.6. The lowest BCUT2D eigenvalue weighted by Crippen LogP contribution is -2.00. The fourth-order valence-electron chi connectivity index (χ4n) is 1.71. The molecule has 0 fully saturated rings. The van der Waals surface area contributed by atoms with Gasteiger partial charge in [-0.25, -0.2) is 0 Å². The highest BCUT2D eigenvalue weighted by Crippen LogP contribution is 2.27. The molecule has 0 unspecified atom stereocenters. The minimum absolute atomic E-state index is 0.164. The van der Waals surface area contributed by atoms with Crippen molar-refractivity contribution in [2.24, 2.45) is 0 Å². The van der Waals surface area contributed by atoms with Gasteiger partial charge in [-0.15, -0.1) is 0 Å². The molecule has 19 heavy (non-hydrogen) atoms. The minimum atomic E-state index is 0.164. The molecule has 0 atom stereocenters. The van der Waals surface area contributed by atoms with Gasteiger partial charge >= 0.3 is 0 Å². The second-order valence-corrected chi connectivity index (χ2v) is 4.53. The van der Waals surface area contributed by atoms with Gasteiger partial charge in [-0.3, -0.25) is 0 Å². The quantitative estimate of drug-likeness (QED) is 0.866. The molecule has 0 saturated carbocycles. The number of rotatable bonds is 5. The second kappa shape index (κ2) is 6.34. The predicted molar refractivity (Wildman–Crippen MR) is 78.1 cm³/mol. The van der Waals surface area contributed by atoms with Gasteiger partial charge in [0.25, 0.3) is 0 Å². The molecule has 0 aliphatic carbocycles. The minimum Gasteiger partial charge on any atom is -0.504 e. The molecule has 0 heterocycles. The third-order valence-electron chi connectivity index (χ3n) is 2.66. The topological polar surface area (TPSA) is 41.5 Å². The standard InChI is InChI=1S/C15H16ClNO2/c1-2-19-15-9-11(3-8-14(15)18)10-17-13-6-4-12(16)5-7-13/h3-9,17-18H,2,10H2,1H3. The summed E-state index contributed by atoms with van der Waals surface area (Å²) in [6.45, 7) is 3.07. The third kappa shape index (κ3) is 3.80. The molecule has 0 aromatic heterocycles. The Morgan fingerprint density at radius 1 is 1.16 bits per heavy atom. The van der Waals surface area contributed by atoms with Crippen molar-refractivity contribution < 1.29 is 9.84 Å². The molecular formula is C15H16ClNO2. The number of anilines is 1. The molecule has 2 aromatic carbocycles. The van der Waals surface area contributed by atoms with E-state index in [4.69, 9.17) is 16.3 Å². The summed E-state index contributed by atoms with van der Waals surface area (Å²) >= 11 is 5.83. The Balaban J connectivity index is 2.03. The molecule has 0 bridgehead atoms. The zero-order chi connectivity index (χ0) is 13.7. The largest absolute Gasteiger partial charge is 0.504 e. The van der Waals surface area contributed by atoms with Crippen LogP contribution in [0.3, 0.4) is 0 Å². The number of phenolic OH excluding ortho intramolecular Hbond substituents is 1. The van der Waals surface area contributed by atoms with E-state index < -0.39 is 0 Å². The molecular weight excluding hydrogens is 262 g/mol. The highest BCUT2D eigenvalue weighted by molar-refractivity contribution is 6.30. The summed E-state index contributed by atoms with van der Waals surface area (Å²) in [5, 5.41) is 13.6. The molecule has 3 nitrogen and oxygen atoms in total. The Bertz CT molecular complexity index is 540. The van der Waals surface area contributed by atoms with Crippen LogP contribution in [0.1, 0.15) is 12.5 Å². The number of halogens is 1. The van der Waals surface area contributed by atoms with Crippen LogP contribution in [0.25, 0.3) is 0 Å². The van der Waals surface area contributed by atoms with E-state index >= 15 is 0 Å². The molecule has 0 aliphatic heterocycles. The Morgan fingerprint density at radius 3 is 2.58 bits per heavy atom. The van der Waals surface area contributed by atoms with E-state index in [1.165, 1.54) is 0 Å². The first-order valence-electron chi connectivity index (χ1n) is 6.13. The van der Waals surface area contributed by atoms with Gasteiger partial charge in [-0.1, -0.05) is 17.7 Å². The third-order valence-corrected chi connectivity index (χ3v) is 2.92. The lowest BCUT2D eigenvalue weighted by atomic mass is 10.2. The molecule has 0 amide bonds. The van der Waals surface area contributed by atoms with Gasteiger partial charge in [0.15, 0.2) is 11.5 Å². The number of benzene rings is 2. The lowest BCUT2D eigenvalue weighted by Gasteiger charge is -2.10. The Kier molecular flexibility index (Phi) is 4.53. The first-order chi connectivity index (χ1) is 9.19. The van der Waals surface area contributed by atoms with Crippen LogP contribution in [0.4, 0.5) is 5.69 Å². The fraction of sp³-hybridized carbons (Fsp3) is 0.200. The number of ether oxygens (including phenoxy) is 1. The van der Waals surface area contributed by atoms with Gasteiger partial charge < -0.3 is 15.2 Å². The Labute approximate surface area is 117 Å². The van der Waals surface area contributed by atoms with E-state index in [1.54, 1.807) is 6.07 Å². The summed E-state index contributed by atoms with van der Waals surface area (Å²) < 4.78 is 5.35. The highest BCUT2D eigenvalue weighted by atomic mass is 35.5. The Hall–Kier alpha value is -1.87. The van der Waals surface area contributed by atoms with Crippen molar-refractivity contribution in [1.82, 2.24) is 0 Å². The highest BCUT2D eigenvalue weighted by Gasteiger charge is 2.03. The molecule has 4 heteroatoms. The number of aromatic hydroxyl groups is 1. The van der Waals surface area contributed by atoms with E-state index in [0.29, 0.717) is 23.9 Å². The summed E-state index contributed by atoms with van der Waals surface area (Å²) in [7, 11) is 0. The van der Waals surface area contributed by atoms with Crippen LogP contribution in [0, 0.1) is 0 Å². The van der Waals surface area contributed by atoms with Gasteiger partial charge in [0.1, 0.15) is 0 Å². The molecule has 2 rings (SSSR count). The molecule has 2 N–H and O–H groups in total. The maximum atomic E-state index is 9.62. The van der Waals surface area contributed by atoms with Gasteiger partial charge in [0.2, 0.25) is 0 Å². The van der Waals surface area contributed by atoms with Crippen molar-refractivity contribution in [3.05, 3.63) is 53.1 Å². The van der Waals surface area contributed by atoms with Crippen molar-refractivity contribution in [3.63, 3.8) is 0 Å². The van der Waals surface area contributed by atoms with Crippen LogP contribution in [0.15, 0.2) is 42.5 Å². The van der Waals surface area contributed by atoms with Crippen LogP contribution >= 0.6 is 11.6 Å². The first-order valence-corrected chi connectivity index (χ1v) is 6.51. The molecule has 2 aromatic rings. The molecule has 0 saturated heterocycles. The van der Waals surface area contributed by atoms with Crippen molar-refractivity contribution in [2.45, 2.75) is 13.5 Å². The number of hydrogen-bond donors (Lipinski definition) is 2. The summed E-state index contributed by atoms with van der Waals surface area (Å²) in [4.78, 5) is 0. The maximum absolute atomic E-state index is 9.62. The lowest BCUT2D eigenvalue weighted by molar-refractivity contribution is 0.318. The van der Waals surface area contributed by atoms with Crippen molar-refractivity contribution in [1.29, 1.82) is 0 Å². The second-order valence-electron chi connectivity index (χ2n) is 4.10. The van der Waals surface area contributed by atoms with Gasteiger partial charge in [-0.2, -0.15) is 0 Å². The van der Waals surface area contributed by atoms with Crippen LogP contribution in [-0.2, 0) is 6.54 Å². The molecule has 0 aliphatic rings. The number of nitrogens with one attached hydrogen (secondary N) is 1. The summed E-state index contributed by atoms with van der Waals surface area (Å²) in [6, 6.07) is 12.9.